The Morgan fingerprint density at radius 3 is 2.74 bits per heavy atom. The molecule has 23 heavy (non-hydrogen) atoms. The van der Waals surface area contributed by atoms with E-state index in [0.29, 0.717) is 23.2 Å². The van der Waals surface area contributed by atoms with Crippen LogP contribution in [0, 0.1) is 15.5 Å². The van der Waals surface area contributed by atoms with Gasteiger partial charge in [0.15, 0.2) is 0 Å². The molecule has 0 unspecified atom stereocenters. The van der Waals surface area contributed by atoms with Crippen molar-refractivity contribution in [2.24, 2.45) is 5.41 Å². The monoisotopic (exact) mass is 317 g/mol. The lowest BCUT2D eigenvalue weighted by Crippen LogP contribution is -2.34. The predicted molar refractivity (Wildman–Crippen MR) is 87.3 cm³/mol. The highest BCUT2D eigenvalue weighted by Crippen LogP contribution is 2.32. The molecule has 0 aliphatic rings. The molecular formula is C16H19N3O4. The fourth-order valence-electron chi connectivity index (χ4n) is 2.16. The van der Waals surface area contributed by atoms with Gasteiger partial charge < -0.3 is 10.1 Å². The van der Waals surface area contributed by atoms with Gasteiger partial charge in [-0.1, -0.05) is 18.2 Å². The Labute approximate surface area is 133 Å². The molecule has 1 aromatic carbocycles. The minimum Gasteiger partial charge on any atom is -0.466 e. The second-order valence-corrected chi connectivity index (χ2v) is 5.75. The molecule has 0 fully saturated rings. The molecule has 1 aromatic heterocycles. The van der Waals surface area contributed by atoms with Crippen LogP contribution in [0.2, 0.25) is 0 Å². The van der Waals surface area contributed by atoms with E-state index in [0.717, 1.165) is 0 Å². The number of ether oxygens (including phenoxy) is 1. The summed E-state index contributed by atoms with van der Waals surface area (Å²) < 4.78 is 5.04. The van der Waals surface area contributed by atoms with Crippen LogP contribution in [0.4, 0.5) is 11.4 Å². The molecule has 0 aliphatic heterocycles. The average Bonchev–Trinajstić information content (AvgIpc) is 2.52. The molecule has 0 saturated heterocycles. The zero-order valence-corrected chi connectivity index (χ0v) is 13.3. The van der Waals surface area contributed by atoms with E-state index in [1.807, 2.05) is 6.07 Å². The summed E-state index contributed by atoms with van der Waals surface area (Å²) in [5.41, 5.74) is 0.0738. The van der Waals surface area contributed by atoms with Gasteiger partial charge in [-0.2, -0.15) is 0 Å². The number of carbonyl (C=O) groups is 1. The quantitative estimate of drug-likeness (QED) is 0.499. The number of aromatic nitrogens is 1. The van der Waals surface area contributed by atoms with E-state index in [9.17, 15) is 14.9 Å². The lowest BCUT2D eigenvalue weighted by molar-refractivity contribution is -0.384. The Morgan fingerprint density at radius 2 is 2.09 bits per heavy atom. The topological polar surface area (TPSA) is 94.4 Å². The number of nitrogens with one attached hydrogen (secondary N) is 1. The molecule has 1 heterocycles. The highest BCUT2D eigenvalue weighted by molar-refractivity contribution is 5.95. The van der Waals surface area contributed by atoms with Gasteiger partial charge in [-0.3, -0.25) is 14.9 Å². The van der Waals surface area contributed by atoms with Crippen molar-refractivity contribution in [2.45, 2.75) is 20.8 Å². The normalized spacial score (nSPS) is 11.3. The standard InChI is InChI=1S/C16H19N3O4/c1-4-23-15(20)16(2,3)10-18-14-11-7-5-6-8-12(11)17-9-13(14)19(21)22/h5-9H,4,10H2,1-3H3,(H,17,18). The van der Waals surface area contributed by atoms with Crippen molar-refractivity contribution in [3.8, 4) is 0 Å². The number of nitrogens with zero attached hydrogens (tertiary/aromatic N) is 2. The maximum absolute atomic E-state index is 12.0. The second kappa shape index (κ2) is 6.60. The van der Waals surface area contributed by atoms with E-state index in [1.54, 1.807) is 39.0 Å². The lowest BCUT2D eigenvalue weighted by atomic mass is 9.93. The fraction of sp³-hybridized carbons (Fsp3) is 0.375. The molecule has 0 atom stereocenters. The SMILES string of the molecule is CCOC(=O)C(C)(C)CNc1c([N+](=O)[O-])cnc2ccccc12. The van der Waals surface area contributed by atoms with Crippen molar-refractivity contribution in [3.05, 3.63) is 40.6 Å². The van der Waals surface area contributed by atoms with Crippen LogP contribution in [-0.4, -0.2) is 29.0 Å². The smallest absolute Gasteiger partial charge is 0.313 e. The van der Waals surface area contributed by atoms with Gasteiger partial charge in [0.05, 0.1) is 22.5 Å². The largest absolute Gasteiger partial charge is 0.466 e. The molecule has 7 heteroatoms. The molecule has 2 aromatic rings. The van der Waals surface area contributed by atoms with Crippen LogP contribution in [0.1, 0.15) is 20.8 Å². The molecule has 122 valence electrons. The van der Waals surface area contributed by atoms with Crippen LogP contribution in [0.15, 0.2) is 30.5 Å². The van der Waals surface area contributed by atoms with Gasteiger partial charge in [0.1, 0.15) is 11.9 Å². The lowest BCUT2D eigenvalue weighted by Gasteiger charge is -2.23. The summed E-state index contributed by atoms with van der Waals surface area (Å²) in [7, 11) is 0. The zero-order valence-electron chi connectivity index (χ0n) is 13.3. The number of rotatable bonds is 6. The number of anilines is 1. The van der Waals surface area contributed by atoms with E-state index in [1.165, 1.54) is 6.20 Å². The number of fused-ring (bicyclic) bond motifs is 1. The Kier molecular flexibility index (Phi) is 4.78. The van der Waals surface area contributed by atoms with Crippen LogP contribution < -0.4 is 5.32 Å². The number of carbonyl (C=O) groups excluding carboxylic acids is 1. The van der Waals surface area contributed by atoms with E-state index >= 15 is 0 Å². The number of nitro groups is 1. The minimum atomic E-state index is -0.811. The van der Waals surface area contributed by atoms with Crippen molar-refractivity contribution in [1.29, 1.82) is 0 Å². The van der Waals surface area contributed by atoms with E-state index in [4.69, 9.17) is 4.74 Å². The first-order valence-electron chi connectivity index (χ1n) is 7.30. The summed E-state index contributed by atoms with van der Waals surface area (Å²) >= 11 is 0. The summed E-state index contributed by atoms with van der Waals surface area (Å²) in [6.07, 6.45) is 1.22. The third kappa shape index (κ3) is 3.56. The molecule has 0 radical (unpaired) electrons. The number of para-hydroxylation sites is 1. The zero-order chi connectivity index (χ0) is 17.0. The van der Waals surface area contributed by atoms with E-state index in [-0.39, 0.29) is 18.2 Å². The number of hydrogen-bond acceptors (Lipinski definition) is 6. The summed E-state index contributed by atoms with van der Waals surface area (Å²) in [6.45, 7) is 5.70. The second-order valence-electron chi connectivity index (χ2n) is 5.75. The summed E-state index contributed by atoms with van der Waals surface area (Å²) in [6, 6.07) is 7.14. The first-order valence-corrected chi connectivity index (χ1v) is 7.30. The maximum atomic E-state index is 12.0. The van der Waals surface area contributed by atoms with Crippen LogP contribution in [0.25, 0.3) is 10.9 Å². The summed E-state index contributed by atoms with van der Waals surface area (Å²) in [4.78, 5) is 26.8. The Balaban J connectivity index is 2.36. The van der Waals surface area contributed by atoms with Crippen molar-refractivity contribution >= 4 is 28.2 Å². The van der Waals surface area contributed by atoms with Crippen LogP contribution >= 0.6 is 0 Å². The number of benzene rings is 1. The van der Waals surface area contributed by atoms with Gasteiger partial charge in [0.2, 0.25) is 0 Å². The maximum Gasteiger partial charge on any atom is 0.313 e. The van der Waals surface area contributed by atoms with Gasteiger partial charge in [-0.25, -0.2) is 4.98 Å². The highest BCUT2D eigenvalue weighted by Gasteiger charge is 2.30. The Bertz CT molecular complexity index is 743. The van der Waals surface area contributed by atoms with E-state index in [2.05, 4.69) is 10.3 Å². The van der Waals surface area contributed by atoms with Crippen LogP contribution in [0.5, 0.6) is 0 Å². The van der Waals surface area contributed by atoms with Crippen LogP contribution in [-0.2, 0) is 9.53 Å². The molecule has 2 rings (SSSR count). The molecule has 0 bridgehead atoms. The third-order valence-corrected chi connectivity index (χ3v) is 3.49. The number of pyridine rings is 1. The Hall–Kier alpha value is -2.70. The summed E-state index contributed by atoms with van der Waals surface area (Å²) in [5.74, 6) is -0.353. The van der Waals surface area contributed by atoms with Crippen molar-refractivity contribution < 1.29 is 14.5 Å². The van der Waals surface area contributed by atoms with Gasteiger partial charge in [0.25, 0.3) is 0 Å². The third-order valence-electron chi connectivity index (χ3n) is 3.49. The summed E-state index contributed by atoms with van der Waals surface area (Å²) in [5, 5.41) is 14.9. The molecule has 0 aliphatic carbocycles. The molecule has 0 spiro atoms. The minimum absolute atomic E-state index is 0.122. The molecule has 0 amide bonds. The Morgan fingerprint density at radius 1 is 1.39 bits per heavy atom. The van der Waals surface area contributed by atoms with Crippen molar-refractivity contribution in [3.63, 3.8) is 0 Å². The van der Waals surface area contributed by atoms with Gasteiger partial charge in [-0.15, -0.1) is 0 Å². The fourth-order valence-corrected chi connectivity index (χ4v) is 2.16. The first-order chi connectivity index (χ1) is 10.9. The van der Waals surface area contributed by atoms with Gasteiger partial charge in [-0.05, 0) is 26.8 Å². The highest BCUT2D eigenvalue weighted by atomic mass is 16.6. The molecule has 0 saturated carbocycles. The first kappa shape index (κ1) is 16.7. The average molecular weight is 317 g/mol. The van der Waals surface area contributed by atoms with Crippen molar-refractivity contribution in [2.75, 3.05) is 18.5 Å². The predicted octanol–water partition coefficient (Wildman–Crippen LogP) is 3.14. The number of hydrogen-bond donors (Lipinski definition) is 1. The number of esters is 1. The molecule has 1 N–H and O–H groups in total. The molecule has 7 nitrogen and oxygen atoms in total. The van der Waals surface area contributed by atoms with Crippen molar-refractivity contribution in [1.82, 2.24) is 4.98 Å². The van der Waals surface area contributed by atoms with Gasteiger partial charge in [0, 0.05) is 11.9 Å². The molecular weight excluding hydrogens is 298 g/mol. The van der Waals surface area contributed by atoms with Gasteiger partial charge >= 0.3 is 11.7 Å². The van der Waals surface area contributed by atoms with Crippen LogP contribution in [0.3, 0.4) is 0 Å². The van der Waals surface area contributed by atoms with E-state index < -0.39 is 10.3 Å².